The zero-order chi connectivity index (χ0) is 24.3. The monoisotopic (exact) mass is 553 g/mol. The van der Waals surface area contributed by atoms with E-state index in [-0.39, 0.29) is 5.56 Å². The summed E-state index contributed by atoms with van der Waals surface area (Å²) in [4.78, 5) is 15.1. The van der Waals surface area contributed by atoms with Gasteiger partial charge < -0.3 is 9.15 Å². The van der Waals surface area contributed by atoms with E-state index < -0.39 is 26.4 Å². The van der Waals surface area contributed by atoms with Gasteiger partial charge in [-0.25, -0.2) is 9.11 Å². The minimum absolute atomic E-state index is 0.114. The van der Waals surface area contributed by atoms with Crippen molar-refractivity contribution in [1.29, 1.82) is 0 Å². The average molecular weight is 554 g/mol. The summed E-state index contributed by atoms with van der Waals surface area (Å²) in [6, 6.07) is 12.5. The molecule has 11 heteroatoms. The highest BCUT2D eigenvalue weighted by atomic mass is 79.9. The molecule has 1 unspecified atom stereocenters. The van der Waals surface area contributed by atoms with E-state index in [0.29, 0.717) is 42.7 Å². The van der Waals surface area contributed by atoms with Gasteiger partial charge in [-0.2, -0.15) is 12.7 Å². The van der Waals surface area contributed by atoms with Gasteiger partial charge in [0.15, 0.2) is 0 Å². The lowest BCUT2D eigenvalue weighted by Crippen LogP contribution is -2.51. The summed E-state index contributed by atoms with van der Waals surface area (Å²) in [7, 11) is -2.94. The molecule has 1 aliphatic heterocycles. The highest BCUT2D eigenvalue weighted by Crippen LogP contribution is 2.40. The van der Waals surface area contributed by atoms with Crippen molar-refractivity contribution >= 4 is 43.0 Å². The van der Waals surface area contributed by atoms with E-state index in [0.717, 1.165) is 17.4 Å². The molecule has 2 aromatic carbocycles. The Hall–Kier alpha value is -2.31. The molecule has 4 rings (SSSR count). The maximum atomic E-state index is 13.6. The molecule has 0 radical (unpaired) electrons. The molecule has 0 saturated carbocycles. The van der Waals surface area contributed by atoms with E-state index in [1.807, 2.05) is 0 Å². The lowest BCUT2D eigenvalue weighted by molar-refractivity contribution is 0.0344. The van der Waals surface area contributed by atoms with Crippen molar-refractivity contribution in [2.45, 2.75) is 10.9 Å². The zero-order valence-electron chi connectivity index (χ0n) is 18.5. The fraction of sp³-hybridized carbons (Fsp3) is 0.348. The molecule has 34 heavy (non-hydrogen) atoms. The van der Waals surface area contributed by atoms with E-state index in [1.165, 1.54) is 37.6 Å². The zero-order valence-corrected chi connectivity index (χ0v) is 20.9. The van der Waals surface area contributed by atoms with Crippen molar-refractivity contribution in [3.8, 4) is 0 Å². The first-order chi connectivity index (χ1) is 16.2. The highest BCUT2D eigenvalue weighted by Gasteiger charge is 2.41. The molecule has 8 nitrogen and oxygen atoms in total. The maximum Gasteiger partial charge on any atom is 0.305 e. The average Bonchev–Trinajstić information content (AvgIpc) is 3.27. The molecule has 0 spiro atoms. The number of fused-ring (bicyclic) bond motifs is 1. The van der Waals surface area contributed by atoms with Crippen LogP contribution in [0.3, 0.4) is 0 Å². The van der Waals surface area contributed by atoms with Crippen molar-refractivity contribution in [3.05, 3.63) is 71.7 Å². The highest BCUT2D eigenvalue weighted by molar-refractivity contribution is 9.09. The molecule has 2 heterocycles. The van der Waals surface area contributed by atoms with Crippen LogP contribution in [0, 0.1) is 5.82 Å². The summed E-state index contributed by atoms with van der Waals surface area (Å²) in [6.45, 7) is 3.23. The molecule has 1 fully saturated rings. The number of nitrogens with zero attached hydrogens (tertiary/aromatic N) is 2. The van der Waals surface area contributed by atoms with Gasteiger partial charge in [-0.1, -0.05) is 46.3 Å². The molecular weight excluding hydrogens is 529 g/mol. The van der Waals surface area contributed by atoms with Crippen LogP contribution in [-0.2, 0) is 19.4 Å². The van der Waals surface area contributed by atoms with Crippen LogP contribution in [-0.4, -0.2) is 63.4 Å². The van der Waals surface area contributed by atoms with Crippen LogP contribution in [0.5, 0.6) is 0 Å². The normalized spacial score (nSPS) is 17.1. The SMILES string of the molecule is CN(C(Br)(CCN1CCOCC1)c1ccc(F)cc1)S(=O)(=O)NC(=O)c1coc2ccccc12. The number of para-hydroxylation sites is 1. The number of amides is 1. The molecule has 1 aromatic heterocycles. The summed E-state index contributed by atoms with van der Waals surface area (Å²) < 4.78 is 53.0. The predicted molar refractivity (Wildman–Crippen MR) is 129 cm³/mol. The Morgan fingerprint density at radius 3 is 2.56 bits per heavy atom. The van der Waals surface area contributed by atoms with Gasteiger partial charge in [0.25, 0.3) is 5.91 Å². The van der Waals surface area contributed by atoms with Crippen molar-refractivity contribution in [3.63, 3.8) is 0 Å². The Kier molecular flexibility index (Phi) is 7.39. The number of benzene rings is 2. The number of morpholine rings is 1. The summed E-state index contributed by atoms with van der Waals surface area (Å²) >= 11 is 3.62. The van der Waals surface area contributed by atoms with Crippen molar-refractivity contribution in [2.75, 3.05) is 39.9 Å². The Bertz CT molecular complexity index is 1260. The van der Waals surface area contributed by atoms with Gasteiger partial charge in [0.2, 0.25) is 0 Å². The Morgan fingerprint density at radius 1 is 1.18 bits per heavy atom. The van der Waals surface area contributed by atoms with Crippen LogP contribution < -0.4 is 4.72 Å². The number of furan rings is 1. The number of alkyl halides is 1. The first-order valence-corrected chi connectivity index (χ1v) is 13.0. The smallest absolute Gasteiger partial charge is 0.305 e. The second kappa shape index (κ2) is 10.1. The number of hydrogen-bond donors (Lipinski definition) is 1. The molecule has 1 amide bonds. The van der Waals surface area contributed by atoms with Gasteiger partial charge in [-0.3, -0.25) is 9.69 Å². The maximum absolute atomic E-state index is 13.6. The lowest BCUT2D eigenvalue weighted by Gasteiger charge is -2.38. The minimum Gasteiger partial charge on any atom is -0.463 e. The van der Waals surface area contributed by atoms with Gasteiger partial charge in [0.1, 0.15) is 22.1 Å². The number of nitrogens with one attached hydrogen (secondary N) is 1. The minimum atomic E-state index is -4.31. The largest absolute Gasteiger partial charge is 0.463 e. The van der Waals surface area contributed by atoms with Crippen LogP contribution in [0.25, 0.3) is 11.0 Å². The van der Waals surface area contributed by atoms with Crippen LogP contribution in [0.1, 0.15) is 22.3 Å². The van der Waals surface area contributed by atoms with E-state index in [9.17, 15) is 17.6 Å². The standard InChI is InChI=1S/C23H25BrFN3O5S/c1-27(34(30,31)26-22(29)20-16-33-21-5-3-2-4-19(20)21)23(24,17-6-8-18(25)9-7-17)10-11-28-12-14-32-15-13-28/h2-9,16H,10-15H2,1H3,(H,26,29). The summed E-state index contributed by atoms with van der Waals surface area (Å²) in [5, 5.41) is 0.508. The molecule has 1 N–H and O–H groups in total. The van der Waals surface area contributed by atoms with E-state index in [1.54, 1.807) is 24.3 Å². The van der Waals surface area contributed by atoms with Crippen LogP contribution in [0.15, 0.2) is 59.2 Å². The first-order valence-electron chi connectivity index (χ1n) is 10.7. The van der Waals surface area contributed by atoms with Gasteiger partial charge in [-0.15, -0.1) is 0 Å². The predicted octanol–water partition coefficient (Wildman–Crippen LogP) is 3.45. The van der Waals surface area contributed by atoms with E-state index in [2.05, 4.69) is 25.6 Å². The number of hydrogen-bond acceptors (Lipinski definition) is 6. The molecule has 0 aliphatic carbocycles. The van der Waals surface area contributed by atoms with E-state index in [4.69, 9.17) is 9.15 Å². The summed E-state index contributed by atoms with van der Waals surface area (Å²) in [6.07, 6.45) is 1.58. The molecule has 1 saturated heterocycles. The quantitative estimate of drug-likeness (QED) is 0.339. The topological polar surface area (TPSA) is 92.1 Å². The molecule has 1 aliphatic rings. The first kappa shape index (κ1) is 24.8. The van der Waals surface area contributed by atoms with Crippen molar-refractivity contribution < 1.29 is 26.8 Å². The molecule has 1 atom stereocenters. The van der Waals surface area contributed by atoms with Gasteiger partial charge in [0, 0.05) is 32.1 Å². The fourth-order valence-corrected chi connectivity index (χ4v) is 5.98. The van der Waals surface area contributed by atoms with Crippen LogP contribution in [0.2, 0.25) is 0 Å². The summed E-state index contributed by atoms with van der Waals surface area (Å²) in [5.41, 5.74) is 1.13. The van der Waals surface area contributed by atoms with Gasteiger partial charge in [-0.05, 0) is 30.2 Å². The fourth-order valence-electron chi connectivity index (χ4n) is 3.90. The Morgan fingerprint density at radius 2 is 1.85 bits per heavy atom. The lowest BCUT2D eigenvalue weighted by atomic mass is 10.0. The number of ether oxygens (including phenoxy) is 1. The Labute approximate surface area is 206 Å². The molecule has 182 valence electrons. The van der Waals surface area contributed by atoms with Crippen LogP contribution >= 0.6 is 15.9 Å². The van der Waals surface area contributed by atoms with Gasteiger partial charge in [0.05, 0.1) is 18.8 Å². The van der Waals surface area contributed by atoms with Crippen molar-refractivity contribution in [1.82, 2.24) is 13.9 Å². The second-order valence-corrected chi connectivity index (χ2v) is 11.0. The third kappa shape index (κ3) is 5.18. The number of carbonyl (C=O) groups is 1. The number of halogens is 2. The van der Waals surface area contributed by atoms with Gasteiger partial charge >= 0.3 is 10.2 Å². The summed E-state index contributed by atoms with van der Waals surface area (Å²) in [5.74, 6) is -1.24. The van der Waals surface area contributed by atoms with Crippen molar-refractivity contribution in [2.24, 2.45) is 0 Å². The Balaban J connectivity index is 1.60. The molecule has 3 aromatic rings. The third-order valence-electron chi connectivity index (χ3n) is 5.96. The molecule has 0 bridgehead atoms. The van der Waals surface area contributed by atoms with Crippen LogP contribution in [0.4, 0.5) is 4.39 Å². The number of rotatable bonds is 8. The number of carbonyl (C=O) groups excluding carboxylic acids is 1. The second-order valence-electron chi connectivity index (χ2n) is 8.02. The van der Waals surface area contributed by atoms with E-state index >= 15 is 0 Å². The molecular formula is C23H25BrFN3O5S. The third-order valence-corrected chi connectivity index (χ3v) is 9.05.